The summed E-state index contributed by atoms with van der Waals surface area (Å²) in [6.45, 7) is 0.683. The lowest BCUT2D eigenvalue weighted by molar-refractivity contribution is -0.377. The number of aliphatic hydroxyl groups is 1. The monoisotopic (exact) mass is 385 g/mol. The maximum atomic E-state index is 10.6. The van der Waals surface area contributed by atoms with Gasteiger partial charge in [-0.2, -0.15) is 0 Å². The Balaban J connectivity index is 0.00000225. The molecule has 1 aromatic carbocycles. The highest BCUT2D eigenvalue weighted by Crippen LogP contribution is 2.35. The normalized spacial score (nSPS) is 14.6. The molecule has 1 aromatic heterocycles. The van der Waals surface area contributed by atoms with Crippen molar-refractivity contribution in [1.82, 2.24) is 0 Å². The molecule has 0 saturated heterocycles. The first-order valence-electron chi connectivity index (χ1n) is 7.91. The molecule has 3 rings (SSSR count). The average molecular weight is 386 g/mol. The molecule has 1 saturated carbocycles. The van der Waals surface area contributed by atoms with Gasteiger partial charge in [-0.25, -0.2) is 4.98 Å². The first-order chi connectivity index (χ1) is 11.6. The average Bonchev–Trinajstić information content (AvgIpc) is 3.40. The molecule has 5 nitrogen and oxygen atoms in total. The van der Waals surface area contributed by atoms with Crippen molar-refractivity contribution in [2.45, 2.75) is 25.4 Å². The van der Waals surface area contributed by atoms with Gasteiger partial charge >= 0.3 is 0 Å². The van der Waals surface area contributed by atoms with Crippen LogP contribution in [0.5, 0.6) is 11.5 Å². The van der Waals surface area contributed by atoms with Crippen LogP contribution in [0.2, 0.25) is 10.0 Å². The summed E-state index contributed by atoms with van der Waals surface area (Å²) < 4.78 is 11.2. The number of H-pyrrole nitrogens is 1. The number of aromatic amines is 1. The highest BCUT2D eigenvalue weighted by Gasteiger charge is 2.23. The van der Waals surface area contributed by atoms with E-state index in [1.165, 1.54) is 12.8 Å². The summed E-state index contributed by atoms with van der Waals surface area (Å²) in [6.07, 6.45) is 5.30. The quantitative estimate of drug-likeness (QED) is 0.787. The lowest BCUT2D eigenvalue weighted by Crippen LogP contribution is -2.08. The van der Waals surface area contributed by atoms with E-state index in [0.29, 0.717) is 46.1 Å². The third kappa shape index (κ3) is 4.98. The van der Waals surface area contributed by atoms with Crippen LogP contribution in [-0.4, -0.2) is 24.3 Å². The second-order valence-electron chi connectivity index (χ2n) is 6.01. The molecule has 25 heavy (non-hydrogen) atoms. The largest absolute Gasteiger partial charge is 0.870 e. The summed E-state index contributed by atoms with van der Waals surface area (Å²) in [5, 5.41) is 11.6. The van der Waals surface area contributed by atoms with Gasteiger partial charge in [-0.05, 0) is 36.5 Å². The molecule has 1 atom stereocenters. The molecule has 3 N–H and O–H groups in total. The van der Waals surface area contributed by atoms with Crippen molar-refractivity contribution in [3.05, 3.63) is 51.8 Å². The number of rotatable bonds is 7. The van der Waals surface area contributed by atoms with E-state index in [1.807, 2.05) is 18.2 Å². The second kappa shape index (κ2) is 8.72. The summed E-state index contributed by atoms with van der Waals surface area (Å²) >= 11 is 12.3. The molecule has 0 aliphatic heterocycles. The van der Waals surface area contributed by atoms with Crippen LogP contribution in [0.4, 0.5) is 0 Å². The third-order valence-corrected chi connectivity index (χ3v) is 4.81. The Morgan fingerprint density at radius 2 is 1.88 bits per heavy atom. The van der Waals surface area contributed by atoms with Crippen LogP contribution in [-0.2, 0) is 6.42 Å². The van der Waals surface area contributed by atoms with Gasteiger partial charge in [-0.15, -0.1) is 0 Å². The van der Waals surface area contributed by atoms with Crippen LogP contribution < -0.4 is 14.5 Å². The van der Waals surface area contributed by atoms with E-state index in [2.05, 4.69) is 4.98 Å². The molecule has 2 aromatic rings. The fraction of sp³-hybridized carbons (Fsp3) is 0.389. The van der Waals surface area contributed by atoms with Gasteiger partial charge in [0, 0.05) is 12.0 Å². The Morgan fingerprint density at radius 3 is 2.48 bits per heavy atom. The molecule has 1 fully saturated rings. The number of pyridine rings is 1. The summed E-state index contributed by atoms with van der Waals surface area (Å²) in [4.78, 5) is 2.86. The maximum absolute atomic E-state index is 10.6. The van der Waals surface area contributed by atoms with Crippen LogP contribution >= 0.6 is 23.2 Å². The lowest BCUT2D eigenvalue weighted by atomic mass is 10.0. The van der Waals surface area contributed by atoms with E-state index in [4.69, 9.17) is 32.7 Å². The van der Waals surface area contributed by atoms with Crippen LogP contribution in [0.15, 0.2) is 30.6 Å². The lowest BCUT2D eigenvalue weighted by Gasteiger charge is -2.16. The zero-order valence-corrected chi connectivity index (χ0v) is 15.3. The molecule has 0 unspecified atom stereocenters. The number of ether oxygens (including phenoxy) is 2. The van der Waals surface area contributed by atoms with E-state index in [-0.39, 0.29) is 5.48 Å². The molecule has 0 radical (unpaired) electrons. The number of nitrogens with one attached hydrogen (secondary N) is 1. The van der Waals surface area contributed by atoms with Gasteiger partial charge in [0.25, 0.3) is 0 Å². The Hall–Kier alpha value is -1.53. The summed E-state index contributed by atoms with van der Waals surface area (Å²) in [6, 6.07) is 5.45. The second-order valence-corrected chi connectivity index (χ2v) is 6.83. The number of hydrogen-bond acceptors (Lipinski definition) is 4. The van der Waals surface area contributed by atoms with Gasteiger partial charge in [0.1, 0.15) is 10.0 Å². The Morgan fingerprint density at radius 1 is 1.20 bits per heavy atom. The fourth-order valence-corrected chi connectivity index (χ4v) is 3.02. The molecule has 0 spiro atoms. The molecule has 0 bridgehead atoms. The van der Waals surface area contributed by atoms with Crippen LogP contribution in [0.1, 0.15) is 30.1 Å². The Kier molecular flexibility index (Phi) is 6.90. The fourth-order valence-electron chi connectivity index (χ4n) is 2.49. The minimum Gasteiger partial charge on any atom is -0.870 e. The smallest absolute Gasteiger partial charge is 0.186 e. The van der Waals surface area contributed by atoms with E-state index >= 15 is 0 Å². The van der Waals surface area contributed by atoms with E-state index < -0.39 is 6.10 Å². The maximum Gasteiger partial charge on any atom is 0.186 e. The van der Waals surface area contributed by atoms with Crippen LogP contribution in [0, 0.1) is 5.92 Å². The van der Waals surface area contributed by atoms with Gasteiger partial charge in [0.05, 0.1) is 19.8 Å². The Bertz CT molecular complexity index is 702. The van der Waals surface area contributed by atoms with Gasteiger partial charge < -0.3 is 20.1 Å². The van der Waals surface area contributed by atoms with E-state index in [9.17, 15) is 5.11 Å². The molecule has 136 valence electrons. The Labute approximate surface area is 156 Å². The van der Waals surface area contributed by atoms with Crippen molar-refractivity contribution in [1.29, 1.82) is 0 Å². The first-order valence-corrected chi connectivity index (χ1v) is 8.67. The molecule has 1 heterocycles. The third-order valence-electron chi connectivity index (χ3n) is 4.14. The predicted octanol–water partition coefficient (Wildman–Crippen LogP) is 3.70. The molecule has 1 aliphatic rings. The van der Waals surface area contributed by atoms with E-state index in [1.54, 1.807) is 19.5 Å². The standard InChI is InChI=1S/C18H19Cl2NO3.H2O/c1-23-17-5-4-12(6-18(17)24-10-11-2-3-11)16(22)7-13-14(19)8-21-9-15(13)20;/h4-6,8-9,11,16,22H,2-3,7,10H2,1H3;1H2/t16-;/m0./s1. The van der Waals surface area contributed by atoms with E-state index in [0.717, 1.165) is 5.56 Å². The van der Waals surface area contributed by atoms with Gasteiger partial charge in [0.2, 0.25) is 0 Å². The molecular formula is C18H21Cl2NO4. The number of halogens is 2. The SMILES string of the molecule is COc1ccc([C@@H](O)Cc2c(Cl)c[nH+]cc2Cl)cc1OCC1CC1.[OH-]. The zero-order chi connectivity index (χ0) is 17.1. The van der Waals surface area contributed by atoms with Crippen LogP contribution in [0.3, 0.4) is 0 Å². The first kappa shape index (κ1) is 19.8. The molecule has 0 amide bonds. The van der Waals surface area contributed by atoms with Crippen molar-refractivity contribution in [2.75, 3.05) is 13.7 Å². The summed E-state index contributed by atoms with van der Waals surface area (Å²) in [5.74, 6) is 1.96. The van der Waals surface area contributed by atoms with Gasteiger partial charge in [0.15, 0.2) is 23.9 Å². The molecule has 7 heteroatoms. The van der Waals surface area contributed by atoms with Crippen molar-refractivity contribution in [2.24, 2.45) is 5.92 Å². The highest BCUT2D eigenvalue weighted by molar-refractivity contribution is 6.35. The van der Waals surface area contributed by atoms with Crippen molar-refractivity contribution in [3.63, 3.8) is 0 Å². The number of aliphatic hydroxyl groups excluding tert-OH is 1. The zero-order valence-electron chi connectivity index (χ0n) is 13.8. The van der Waals surface area contributed by atoms with Crippen molar-refractivity contribution >= 4 is 23.2 Å². The predicted molar refractivity (Wildman–Crippen MR) is 94.8 cm³/mol. The number of methoxy groups -OCH3 is 1. The minimum absolute atomic E-state index is 0. The highest BCUT2D eigenvalue weighted by atomic mass is 35.5. The van der Waals surface area contributed by atoms with Crippen molar-refractivity contribution < 1.29 is 25.0 Å². The minimum atomic E-state index is -0.739. The van der Waals surface area contributed by atoms with Crippen LogP contribution in [0.25, 0.3) is 0 Å². The van der Waals surface area contributed by atoms with Gasteiger partial charge in [-0.1, -0.05) is 29.3 Å². The molecular weight excluding hydrogens is 365 g/mol. The number of benzene rings is 1. The van der Waals surface area contributed by atoms with Gasteiger partial charge in [-0.3, -0.25) is 0 Å². The summed E-state index contributed by atoms with van der Waals surface area (Å²) in [5.41, 5.74) is 1.45. The topological polar surface area (TPSA) is 82.8 Å². The number of aromatic nitrogens is 1. The summed E-state index contributed by atoms with van der Waals surface area (Å²) in [7, 11) is 1.61. The molecule has 1 aliphatic carbocycles. The van der Waals surface area contributed by atoms with Crippen molar-refractivity contribution in [3.8, 4) is 11.5 Å². The number of hydrogen-bond donors (Lipinski definition) is 1.